The first-order valence-electron chi connectivity index (χ1n) is 5.85. The largest absolute Gasteiger partial charge is 0.508 e. The second-order valence-electron chi connectivity index (χ2n) is 5.21. The van der Waals surface area contributed by atoms with Crippen LogP contribution in [0, 0.1) is 5.92 Å². The van der Waals surface area contributed by atoms with E-state index in [-0.39, 0.29) is 0 Å². The lowest BCUT2D eigenvalue weighted by molar-refractivity contribution is 0.304. The number of likely N-dealkylation sites (N-methyl/N-ethyl adjacent to an activating group) is 2. The second kappa shape index (κ2) is 3.14. The van der Waals surface area contributed by atoms with Gasteiger partial charge in [-0.25, -0.2) is 0 Å². The van der Waals surface area contributed by atoms with E-state index < -0.39 is 0 Å². The number of likely N-dealkylation sites (tertiary alicyclic amines) is 1. The van der Waals surface area contributed by atoms with Gasteiger partial charge in [0.05, 0.1) is 6.17 Å². The fourth-order valence-electron chi connectivity index (χ4n) is 3.52. The summed E-state index contributed by atoms with van der Waals surface area (Å²) in [5, 5.41) is 9.62. The average Bonchev–Trinajstić information content (AvgIpc) is 2.66. The second-order valence-corrected chi connectivity index (χ2v) is 5.21. The van der Waals surface area contributed by atoms with Crippen molar-refractivity contribution in [1.29, 1.82) is 0 Å². The maximum Gasteiger partial charge on any atom is 0.116 e. The zero-order valence-corrected chi connectivity index (χ0v) is 10.0. The molecule has 1 aromatic carbocycles. The summed E-state index contributed by atoms with van der Waals surface area (Å²) in [4.78, 5) is 4.75. The Labute approximate surface area is 96.3 Å². The number of hydrogen-bond acceptors (Lipinski definition) is 3. The Morgan fingerprint density at radius 1 is 1.31 bits per heavy atom. The number of nitrogens with zero attached hydrogens (tertiary/aromatic N) is 2. The summed E-state index contributed by atoms with van der Waals surface area (Å²) in [5.74, 6) is 1.58. The topological polar surface area (TPSA) is 26.7 Å². The minimum atomic E-state index is 0.384. The smallest absolute Gasteiger partial charge is 0.116 e. The highest BCUT2D eigenvalue weighted by atomic mass is 16.3. The molecule has 3 heteroatoms. The monoisotopic (exact) mass is 218 g/mol. The number of aromatic hydroxyl groups is 1. The van der Waals surface area contributed by atoms with Crippen LogP contribution in [-0.2, 0) is 0 Å². The molecule has 0 amide bonds. The van der Waals surface area contributed by atoms with Gasteiger partial charge in [-0.15, -0.1) is 0 Å². The average molecular weight is 218 g/mol. The van der Waals surface area contributed by atoms with E-state index in [4.69, 9.17) is 0 Å². The molecule has 0 aliphatic carbocycles. The molecule has 0 radical (unpaired) electrons. The Morgan fingerprint density at radius 3 is 2.81 bits per heavy atom. The van der Waals surface area contributed by atoms with Gasteiger partial charge in [0.15, 0.2) is 0 Å². The summed E-state index contributed by atoms with van der Waals surface area (Å²) in [7, 11) is 4.33. The summed E-state index contributed by atoms with van der Waals surface area (Å²) in [6.45, 7) is 3.43. The number of phenols is 1. The highest BCUT2D eigenvalue weighted by Crippen LogP contribution is 2.49. The molecule has 86 valence electrons. The minimum Gasteiger partial charge on any atom is -0.508 e. The van der Waals surface area contributed by atoms with Crippen LogP contribution < -0.4 is 4.90 Å². The number of rotatable bonds is 0. The summed E-state index contributed by atoms with van der Waals surface area (Å²) >= 11 is 0. The van der Waals surface area contributed by atoms with E-state index in [1.807, 2.05) is 12.1 Å². The first kappa shape index (κ1) is 9.97. The first-order chi connectivity index (χ1) is 7.59. The molecule has 1 unspecified atom stereocenters. The van der Waals surface area contributed by atoms with Crippen molar-refractivity contribution in [3.63, 3.8) is 0 Å². The molecule has 1 saturated heterocycles. The Bertz CT molecular complexity index is 432. The minimum absolute atomic E-state index is 0.384. The van der Waals surface area contributed by atoms with E-state index >= 15 is 0 Å². The third-order valence-corrected chi connectivity index (χ3v) is 4.11. The molecule has 3 nitrogen and oxygen atoms in total. The highest BCUT2D eigenvalue weighted by Gasteiger charge is 2.46. The van der Waals surface area contributed by atoms with Crippen LogP contribution in [0.5, 0.6) is 5.75 Å². The molecule has 0 saturated carbocycles. The van der Waals surface area contributed by atoms with Crippen LogP contribution in [0.1, 0.15) is 18.4 Å². The number of fused-ring (bicyclic) bond motifs is 3. The quantitative estimate of drug-likeness (QED) is 0.719. The zero-order chi connectivity index (χ0) is 11.4. The lowest BCUT2D eigenvalue weighted by Crippen LogP contribution is -2.39. The van der Waals surface area contributed by atoms with Crippen LogP contribution in [0.2, 0.25) is 0 Å². The van der Waals surface area contributed by atoms with Crippen molar-refractivity contribution in [2.45, 2.75) is 19.0 Å². The van der Waals surface area contributed by atoms with Gasteiger partial charge in [-0.05, 0) is 36.7 Å². The molecular formula is C13H18N2O. The van der Waals surface area contributed by atoms with Gasteiger partial charge < -0.3 is 10.0 Å². The summed E-state index contributed by atoms with van der Waals surface area (Å²) in [5.41, 5.74) is 2.58. The van der Waals surface area contributed by atoms with Crippen molar-refractivity contribution >= 4 is 5.69 Å². The zero-order valence-electron chi connectivity index (χ0n) is 10.0. The van der Waals surface area contributed by atoms with Gasteiger partial charge in [0.25, 0.3) is 0 Å². The Kier molecular flexibility index (Phi) is 1.96. The van der Waals surface area contributed by atoms with Crippen molar-refractivity contribution in [3.05, 3.63) is 23.8 Å². The van der Waals surface area contributed by atoms with Gasteiger partial charge in [-0.1, -0.05) is 6.92 Å². The molecule has 1 aromatic rings. The van der Waals surface area contributed by atoms with Crippen LogP contribution in [0.3, 0.4) is 0 Å². The van der Waals surface area contributed by atoms with E-state index in [9.17, 15) is 5.11 Å². The maximum atomic E-state index is 9.62. The van der Waals surface area contributed by atoms with Gasteiger partial charge in [0, 0.05) is 25.2 Å². The van der Waals surface area contributed by atoms with Gasteiger partial charge in [-0.3, -0.25) is 4.90 Å². The van der Waals surface area contributed by atoms with Gasteiger partial charge in [-0.2, -0.15) is 0 Å². The predicted octanol–water partition coefficient (Wildman–Crippen LogP) is 1.83. The van der Waals surface area contributed by atoms with Crippen molar-refractivity contribution in [2.75, 3.05) is 25.5 Å². The molecule has 2 aliphatic heterocycles. The maximum absolute atomic E-state index is 9.62. The standard InChI is InChI=1S/C13H18N2O/c1-8-7-14(2)13-12(8)10-6-9(16)4-5-11(10)15(13)3/h4-6,8,12-13,16H,7H2,1-3H3/t8?,12-,13+/m0/s1. The third kappa shape index (κ3) is 1.12. The predicted molar refractivity (Wildman–Crippen MR) is 64.8 cm³/mol. The molecule has 16 heavy (non-hydrogen) atoms. The van der Waals surface area contributed by atoms with Gasteiger partial charge in [0.2, 0.25) is 0 Å². The Balaban J connectivity index is 2.13. The van der Waals surface area contributed by atoms with Crippen LogP contribution >= 0.6 is 0 Å². The normalized spacial score (nSPS) is 32.9. The third-order valence-electron chi connectivity index (χ3n) is 4.11. The van der Waals surface area contributed by atoms with E-state index in [1.54, 1.807) is 6.07 Å². The molecule has 3 rings (SSSR count). The number of phenolic OH excluding ortho intramolecular Hbond substituents is 1. The molecule has 0 spiro atoms. The van der Waals surface area contributed by atoms with E-state index in [2.05, 4.69) is 30.8 Å². The van der Waals surface area contributed by atoms with Crippen molar-refractivity contribution < 1.29 is 5.11 Å². The summed E-state index contributed by atoms with van der Waals surface area (Å²) in [6.07, 6.45) is 0.465. The van der Waals surface area contributed by atoms with E-state index in [1.165, 1.54) is 11.3 Å². The molecule has 2 heterocycles. The lowest BCUT2D eigenvalue weighted by Gasteiger charge is -2.28. The van der Waals surface area contributed by atoms with E-state index in [0.29, 0.717) is 23.8 Å². The van der Waals surface area contributed by atoms with Crippen LogP contribution in [0.15, 0.2) is 18.2 Å². The SMILES string of the molecule is CC1CN(C)[C@H]2[C@@H]1c1cc(O)ccc1N2C. The van der Waals surface area contributed by atoms with Crippen LogP contribution in [0.25, 0.3) is 0 Å². The molecule has 0 bridgehead atoms. The Morgan fingerprint density at radius 2 is 2.06 bits per heavy atom. The van der Waals surface area contributed by atoms with Crippen molar-refractivity contribution in [3.8, 4) is 5.75 Å². The molecular weight excluding hydrogens is 200 g/mol. The fraction of sp³-hybridized carbons (Fsp3) is 0.538. The van der Waals surface area contributed by atoms with Gasteiger partial charge >= 0.3 is 0 Å². The van der Waals surface area contributed by atoms with Crippen LogP contribution in [-0.4, -0.2) is 36.8 Å². The molecule has 0 aromatic heterocycles. The number of hydrogen-bond donors (Lipinski definition) is 1. The molecule has 2 aliphatic rings. The number of anilines is 1. The first-order valence-corrected chi connectivity index (χ1v) is 5.85. The summed E-state index contributed by atoms with van der Waals surface area (Å²) in [6, 6.07) is 5.75. The highest BCUT2D eigenvalue weighted by molar-refractivity contribution is 5.63. The van der Waals surface area contributed by atoms with Crippen molar-refractivity contribution in [2.24, 2.45) is 5.92 Å². The lowest BCUT2D eigenvalue weighted by atomic mass is 9.90. The fourth-order valence-corrected chi connectivity index (χ4v) is 3.52. The summed E-state index contributed by atoms with van der Waals surface area (Å²) < 4.78 is 0. The van der Waals surface area contributed by atoms with Gasteiger partial charge in [0.1, 0.15) is 5.75 Å². The van der Waals surface area contributed by atoms with Crippen LogP contribution in [0.4, 0.5) is 5.69 Å². The molecule has 1 fully saturated rings. The van der Waals surface area contributed by atoms with Crippen molar-refractivity contribution in [1.82, 2.24) is 4.90 Å². The number of benzene rings is 1. The molecule has 1 N–H and O–H groups in total. The Hall–Kier alpha value is -1.22. The molecule has 3 atom stereocenters. The van der Waals surface area contributed by atoms with E-state index in [0.717, 1.165) is 6.54 Å².